The number of hydrogen-bond donors (Lipinski definition) is 3. The van der Waals surface area contributed by atoms with Gasteiger partial charge in [0.25, 0.3) is 5.56 Å². The molecule has 37 heavy (non-hydrogen) atoms. The summed E-state index contributed by atoms with van der Waals surface area (Å²) in [6.07, 6.45) is -0.719. The molecular weight excluding hydrogens is 498 g/mol. The van der Waals surface area contributed by atoms with Crippen molar-refractivity contribution in [2.45, 2.75) is 38.4 Å². The van der Waals surface area contributed by atoms with E-state index in [9.17, 15) is 27.2 Å². The highest BCUT2D eigenvalue weighted by molar-refractivity contribution is 5.78. The summed E-state index contributed by atoms with van der Waals surface area (Å²) >= 11 is 0. The lowest BCUT2D eigenvalue weighted by atomic mass is 9.93. The fourth-order valence-electron chi connectivity index (χ4n) is 4.13. The number of hydroxylamine groups is 1. The number of carbonyl (C=O) groups excluding carboxylic acids is 1. The highest BCUT2D eigenvalue weighted by atomic mass is 19.4. The fraction of sp³-hybridized carbons (Fsp3) is 0.435. The van der Waals surface area contributed by atoms with Crippen molar-refractivity contribution < 1.29 is 27.2 Å². The van der Waals surface area contributed by atoms with Gasteiger partial charge in [-0.2, -0.15) is 18.3 Å². The fourth-order valence-corrected chi connectivity index (χ4v) is 4.13. The Labute approximate surface area is 208 Å². The van der Waals surface area contributed by atoms with Crippen LogP contribution in [-0.2, 0) is 15.8 Å². The van der Waals surface area contributed by atoms with Gasteiger partial charge in [-0.3, -0.25) is 14.4 Å². The third kappa shape index (κ3) is 6.70. The van der Waals surface area contributed by atoms with E-state index >= 15 is 0 Å². The second kappa shape index (κ2) is 11.1. The summed E-state index contributed by atoms with van der Waals surface area (Å²) < 4.78 is 52.8. The maximum Gasteiger partial charge on any atom is 0.423 e. The molecule has 2 aromatic heterocycles. The number of H-pyrrole nitrogens is 1. The van der Waals surface area contributed by atoms with Gasteiger partial charge >= 0.3 is 6.18 Å². The van der Waals surface area contributed by atoms with Crippen molar-refractivity contribution in [3.63, 3.8) is 0 Å². The number of anilines is 2. The molecule has 1 saturated heterocycles. The van der Waals surface area contributed by atoms with E-state index in [1.54, 1.807) is 17.4 Å². The number of benzene rings is 1. The normalized spacial score (nSPS) is 15.5. The Morgan fingerprint density at radius 2 is 2.03 bits per heavy atom. The molecular formula is C23H25F4N7O3. The first-order valence-electron chi connectivity index (χ1n) is 11.6. The van der Waals surface area contributed by atoms with E-state index in [4.69, 9.17) is 4.84 Å². The molecule has 0 radical (unpaired) electrons. The molecule has 1 aliphatic heterocycles. The van der Waals surface area contributed by atoms with E-state index in [2.05, 4.69) is 25.9 Å². The Bertz CT molecular complexity index is 1310. The molecule has 1 fully saturated rings. The van der Waals surface area contributed by atoms with Crippen LogP contribution in [0.2, 0.25) is 0 Å². The van der Waals surface area contributed by atoms with E-state index in [0.29, 0.717) is 29.9 Å². The summed E-state index contributed by atoms with van der Waals surface area (Å²) in [5.41, 5.74) is -0.246. The van der Waals surface area contributed by atoms with E-state index in [-0.39, 0.29) is 30.7 Å². The number of amides is 1. The molecule has 0 aliphatic carbocycles. The Kier molecular flexibility index (Phi) is 7.86. The van der Waals surface area contributed by atoms with Gasteiger partial charge in [0, 0.05) is 37.1 Å². The number of piperidine rings is 1. The van der Waals surface area contributed by atoms with Crippen molar-refractivity contribution in [3.05, 3.63) is 52.3 Å². The second-order valence-corrected chi connectivity index (χ2v) is 8.87. The van der Waals surface area contributed by atoms with Crippen molar-refractivity contribution in [3.8, 4) is 0 Å². The van der Waals surface area contributed by atoms with Crippen molar-refractivity contribution >= 4 is 28.4 Å². The largest absolute Gasteiger partial charge is 0.423 e. The van der Waals surface area contributed by atoms with Crippen LogP contribution in [0.5, 0.6) is 0 Å². The average Bonchev–Trinajstić information content (AvgIpc) is 2.83. The van der Waals surface area contributed by atoms with Crippen LogP contribution in [0.1, 0.15) is 31.7 Å². The molecule has 3 aromatic rings. The lowest BCUT2D eigenvalue weighted by Gasteiger charge is -2.31. The molecule has 0 spiro atoms. The summed E-state index contributed by atoms with van der Waals surface area (Å²) in [5, 5.41) is 8.30. The van der Waals surface area contributed by atoms with Crippen LogP contribution in [0, 0.1) is 11.7 Å². The molecule has 0 bridgehead atoms. The van der Waals surface area contributed by atoms with Gasteiger partial charge in [0.15, 0.2) is 0 Å². The molecule has 0 saturated carbocycles. The number of rotatable bonds is 8. The number of nitrogens with zero attached hydrogens (tertiary/aromatic N) is 4. The maximum absolute atomic E-state index is 13.3. The highest BCUT2D eigenvalue weighted by Crippen LogP contribution is 2.31. The number of nitrogens with one attached hydrogen (secondary N) is 3. The third-order valence-electron chi connectivity index (χ3n) is 5.96. The highest BCUT2D eigenvalue weighted by Gasteiger charge is 2.37. The molecule has 10 nitrogen and oxygen atoms in total. The van der Waals surface area contributed by atoms with Gasteiger partial charge in [-0.05, 0) is 43.9 Å². The van der Waals surface area contributed by atoms with Crippen molar-refractivity contribution in [2.75, 3.05) is 29.9 Å². The van der Waals surface area contributed by atoms with Crippen LogP contribution in [0.25, 0.3) is 10.9 Å². The van der Waals surface area contributed by atoms with Gasteiger partial charge < -0.3 is 10.2 Å². The number of carbonyl (C=O) groups is 1. The lowest BCUT2D eigenvalue weighted by Crippen LogP contribution is -2.37. The van der Waals surface area contributed by atoms with Crippen LogP contribution in [-0.4, -0.2) is 51.8 Å². The molecule has 4 rings (SSSR count). The molecule has 1 atom stereocenters. The molecule has 198 valence electrons. The summed E-state index contributed by atoms with van der Waals surface area (Å²) in [4.78, 5) is 39.8. The lowest BCUT2D eigenvalue weighted by molar-refractivity contribution is -0.138. The first-order chi connectivity index (χ1) is 17.6. The van der Waals surface area contributed by atoms with E-state index in [1.165, 1.54) is 19.1 Å². The van der Waals surface area contributed by atoms with Gasteiger partial charge in [-0.15, -0.1) is 0 Å². The number of fused-ring (bicyclic) bond motifs is 1. The van der Waals surface area contributed by atoms with Gasteiger partial charge in [-0.25, -0.2) is 24.9 Å². The molecule has 1 amide bonds. The zero-order chi connectivity index (χ0) is 26.6. The van der Waals surface area contributed by atoms with Crippen LogP contribution < -0.4 is 21.3 Å². The van der Waals surface area contributed by atoms with Crippen LogP contribution in [0.4, 0.5) is 29.2 Å². The average molecular weight is 523 g/mol. The van der Waals surface area contributed by atoms with Crippen molar-refractivity contribution in [1.29, 1.82) is 0 Å². The first kappa shape index (κ1) is 26.3. The van der Waals surface area contributed by atoms with Gasteiger partial charge in [0.2, 0.25) is 11.9 Å². The monoisotopic (exact) mass is 523 g/mol. The van der Waals surface area contributed by atoms with Crippen LogP contribution in [0.15, 0.2) is 35.4 Å². The quantitative estimate of drug-likeness (QED) is 0.304. The second-order valence-electron chi connectivity index (χ2n) is 8.87. The van der Waals surface area contributed by atoms with Crippen LogP contribution >= 0.6 is 0 Å². The molecule has 1 unspecified atom stereocenters. The summed E-state index contributed by atoms with van der Waals surface area (Å²) in [6.45, 7) is 2.70. The van der Waals surface area contributed by atoms with E-state index < -0.39 is 29.0 Å². The van der Waals surface area contributed by atoms with Crippen molar-refractivity contribution in [1.82, 2.24) is 25.6 Å². The number of aromatic nitrogens is 4. The molecule has 3 heterocycles. The first-order valence-corrected chi connectivity index (χ1v) is 11.6. The number of hydrogen-bond acceptors (Lipinski definition) is 8. The third-order valence-corrected chi connectivity index (χ3v) is 5.96. The Hall–Kier alpha value is -3.81. The topological polar surface area (TPSA) is 125 Å². The number of alkyl halides is 3. The minimum absolute atomic E-state index is 0.112. The number of halogens is 4. The Morgan fingerprint density at radius 1 is 1.27 bits per heavy atom. The number of aromatic amines is 1. The predicted octanol–water partition coefficient (Wildman–Crippen LogP) is 3.03. The molecule has 3 N–H and O–H groups in total. The summed E-state index contributed by atoms with van der Waals surface area (Å²) in [5.74, 6) is -0.0284. The summed E-state index contributed by atoms with van der Waals surface area (Å²) in [6, 6.07) is 3.67. The molecule has 1 aliphatic rings. The molecule has 14 heteroatoms. The zero-order valence-electron chi connectivity index (χ0n) is 19.8. The minimum atomic E-state index is -4.86. The standard InChI is InChI=1S/C23H25F4N7O3/c1-13(30-18-11-29-32-21(36)20(18)23(25,26)27)12-37-33-19(35)8-14-4-6-34(7-5-14)22-28-10-15-9-16(24)2-3-17(15)31-22/h2-3,9-11,13-14H,4-8,12H2,1H3,(H,33,35)(H2,30,32,36). The zero-order valence-corrected chi connectivity index (χ0v) is 19.8. The SMILES string of the molecule is CC(CONC(=O)CC1CCN(c2ncc3cc(F)ccc3n2)CC1)Nc1cn[nH]c(=O)c1C(F)(F)F. The van der Waals surface area contributed by atoms with Gasteiger partial charge in [0.05, 0.1) is 24.0 Å². The minimum Gasteiger partial charge on any atom is -0.378 e. The van der Waals surface area contributed by atoms with Gasteiger partial charge in [-0.1, -0.05) is 0 Å². The predicted molar refractivity (Wildman–Crippen MR) is 126 cm³/mol. The van der Waals surface area contributed by atoms with E-state index in [0.717, 1.165) is 19.0 Å². The smallest absolute Gasteiger partial charge is 0.378 e. The maximum atomic E-state index is 13.3. The Balaban J connectivity index is 1.20. The summed E-state index contributed by atoms with van der Waals surface area (Å²) in [7, 11) is 0. The molecule has 1 aromatic carbocycles. The Morgan fingerprint density at radius 3 is 2.76 bits per heavy atom. The van der Waals surface area contributed by atoms with Crippen molar-refractivity contribution in [2.24, 2.45) is 5.92 Å². The van der Waals surface area contributed by atoms with E-state index in [1.807, 2.05) is 4.90 Å². The van der Waals surface area contributed by atoms with Gasteiger partial charge in [0.1, 0.15) is 11.4 Å². The van der Waals surface area contributed by atoms with Crippen LogP contribution in [0.3, 0.4) is 0 Å².